The zero-order valence-corrected chi connectivity index (χ0v) is 8.73. The molecule has 0 amide bonds. The Morgan fingerprint density at radius 2 is 2.08 bits per heavy atom. The van der Waals surface area contributed by atoms with Crippen molar-refractivity contribution < 1.29 is 0 Å². The van der Waals surface area contributed by atoms with Gasteiger partial charge in [0.2, 0.25) is 0 Å². The molecule has 0 radical (unpaired) electrons. The Labute approximate surface area is 84.3 Å². The predicted octanol–water partition coefficient (Wildman–Crippen LogP) is 1.16. The van der Waals surface area contributed by atoms with Crippen molar-refractivity contribution in [3.05, 3.63) is 11.9 Å². The maximum atomic E-state index is 5.35. The van der Waals surface area contributed by atoms with Gasteiger partial charge in [-0.25, -0.2) is 4.68 Å². The lowest BCUT2D eigenvalue weighted by molar-refractivity contribution is 0.514. The van der Waals surface area contributed by atoms with Crippen molar-refractivity contribution >= 4 is 24.8 Å². The molecule has 6 heteroatoms. The van der Waals surface area contributed by atoms with Gasteiger partial charge in [0.15, 0.2) is 0 Å². The quantitative estimate of drug-likeness (QED) is 0.801. The fourth-order valence-electron chi connectivity index (χ4n) is 0.659. The number of nitrogens with zero attached hydrogens (tertiary/aromatic N) is 3. The fourth-order valence-corrected chi connectivity index (χ4v) is 0.659. The third-order valence-corrected chi connectivity index (χ3v) is 1.30. The molecule has 2 N–H and O–H groups in total. The van der Waals surface area contributed by atoms with Gasteiger partial charge < -0.3 is 5.73 Å². The highest BCUT2D eigenvalue weighted by Crippen LogP contribution is 2.00. The molecular weight excluding hydrogens is 199 g/mol. The Hall–Kier alpha value is -0.320. The first-order valence-electron chi connectivity index (χ1n) is 3.35. The maximum absolute atomic E-state index is 5.35. The van der Waals surface area contributed by atoms with Crippen molar-refractivity contribution in [1.29, 1.82) is 0 Å². The lowest BCUT2D eigenvalue weighted by Gasteiger charge is -2.00. The van der Waals surface area contributed by atoms with E-state index in [1.165, 1.54) is 0 Å². The van der Waals surface area contributed by atoms with Crippen LogP contribution in [0.2, 0.25) is 0 Å². The highest BCUT2D eigenvalue weighted by atomic mass is 35.5. The van der Waals surface area contributed by atoms with Crippen LogP contribution in [0.25, 0.3) is 0 Å². The molecule has 0 unspecified atom stereocenters. The fraction of sp³-hybridized carbons (Fsp3) is 0.667. The molecule has 1 rings (SSSR count). The van der Waals surface area contributed by atoms with E-state index >= 15 is 0 Å². The SMILES string of the molecule is CC(C)n1cc(CN)nn1.Cl.Cl. The average molecular weight is 213 g/mol. The molecule has 72 valence electrons. The van der Waals surface area contributed by atoms with Crippen LogP contribution < -0.4 is 5.73 Å². The van der Waals surface area contributed by atoms with E-state index in [0.29, 0.717) is 12.6 Å². The molecule has 0 aromatic carbocycles. The number of aromatic nitrogens is 3. The molecule has 0 aliphatic carbocycles. The van der Waals surface area contributed by atoms with Crippen LogP contribution in [0.15, 0.2) is 6.20 Å². The molecule has 12 heavy (non-hydrogen) atoms. The molecule has 0 aliphatic heterocycles. The minimum absolute atomic E-state index is 0. The minimum atomic E-state index is 0. The van der Waals surface area contributed by atoms with E-state index in [0.717, 1.165) is 5.69 Å². The number of hydrogen-bond acceptors (Lipinski definition) is 3. The van der Waals surface area contributed by atoms with Gasteiger partial charge in [-0.05, 0) is 13.8 Å². The summed E-state index contributed by atoms with van der Waals surface area (Å²) in [5.41, 5.74) is 6.19. The molecule has 0 aliphatic rings. The summed E-state index contributed by atoms with van der Waals surface area (Å²) in [4.78, 5) is 0. The molecule has 4 nitrogen and oxygen atoms in total. The van der Waals surface area contributed by atoms with Crippen molar-refractivity contribution in [1.82, 2.24) is 15.0 Å². The summed E-state index contributed by atoms with van der Waals surface area (Å²) in [5, 5.41) is 7.72. The van der Waals surface area contributed by atoms with Crippen molar-refractivity contribution in [3.8, 4) is 0 Å². The number of hydrogen-bond donors (Lipinski definition) is 1. The Bertz CT molecular complexity index is 211. The number of halogens is 2. The van der Waals surface area contributed by atoms with E-state index in [1.54, 1.807) is 4.68 Å². The van der Waals surface area contributed by atoms with Gasteiger partial charge in [-0.1, -0.05) is 5.21 Å². The largest absolute Gasteiger partial charge is 0.325 e. The standard InChI is InChI=1S/C6H12N4.2ClH/c1-5(2)10-4-6(3-7)8-9-10;;/h4-5H,3,7H2,1-2H3;2*1H. The minimum Gasteiger partial charge on any atom is -0.325 e. The summed E-state index contributed by atoms with van der Waals surface area (Å²) in [6.45, 7) is 4.57. The normalized spacial score (nSPS) is 9.00. The lowest BCUT2D eigenvalue weighted by Crippen LogP contribution is -2.00. The molecule has 0 fully saturated rings. The van der Waals surface area contributed by atoms with Crippen molar-refractivity contribution in [2.24, 2.45) is 5.73 Å². The lowest BCUT2D eigenvalue weighted by atomic mass is 10.4. The Kier molecular flexibility index (Phi) is 7.37. The highest BCUT2D eigenvalue weighted by Gasteiger charge is 1.99. The first-order chi connectivity index (χ1) is 4.74. The van der Waals surface area contributed by atoms with E-state index in [2.05, 4.69) is 24.2 Å². The van der Waals surface area contributed by atoms with Gasteiger partial charge in [0.05, 0.1) is 11.9 Å². The van der Waals surface area contributed by atoms with Crippen molar-refractivity contribution in [2.75, 3.05) is 0 Å². The van der Waals surface area contributed by atoms with Gasteiger partial charge in [0, 0.05) is 12.6 Å². The van der Waals surface area contributed by atoms with Gasteiger partial charge in [0.1, 0.15) is 0 Å². The smallest absolute Gasteiger partial charge is 0.0962 e. The summed E-state index contributed by atoms with van der Waals surface area (Å²) in [7, 11) is 0. The summed E-state index contributed by atoms with van der Waals surface area (Å²) >= 11 is 0. The summed E-state index contributed by atoms with van der Waals surface area (Å²) in [6.07, 6.45) is 1.87. The first kappa shape index (κ1) is 14.2. The average Bonchev–Trinajstić information content (AvgIpc) is 2.34. The molecule has 0 saturated heterocycles. The summed E-state index contributed by atoms with van der Waals surface area (Å²) in [5.74, 6) is 0. The third-order valence-electron chi connectivity index (χ3n) is 1.30. The highest BCUT2D eigenvalue weighted by molar-refractivity contribution is 5.85. The summed E-state index contributed by atoms with van der Waals surface area (Å²) in [6, 6.07) is 0.368. The Morgan fingerprint density at radius 1 is 1.50 bits per heavy atom. The zero-order valence-electron chi connectivity index (χ0n) is 7.10. The molecule has 0 atom stereocenters. The van der Waals surface area contributed by atoms with Crippen LogP contribution in [0.1, 0.15) is 25.6 Å². The van der Waals surface area contributed by atoms with Gasteiger partial charge in [0.25, 0.3) is 0 Å². The van der Waals surface area contributed by atoms with E-state index in [9.17, 15) is 0 Å². The molecule has 0 bridgehead atoms. The summed E-state index contributed by atoms with van der Waals surface area (Å²) < 4.78 is 1.79. The molecule has 1 aromatic heterocycles. The van der Waals surface area contributed by atoms with Crippen molar-refractivity contribution in [3.63, 3.8) is 0 Å². The second kappa shape index (κ2) is 6.22. The van der Waals surface area contributed by atoms with Crippen molar-refractivity contribution in [2.45, 2.75) is 26.4 Å². The molecule has 0 spiro atoms. The third kappa shape index (κ3) is 3.38. The van der Waals surface area contributed by atoms with Crippen LogP contribution in [0.5, 0.6) is 0 Å². The van der Waals surface area contributed by atoms with Gasteiger partial charge in [-0.15, -0.1) is 29.9 Å². The van der Waals surface area contributed by atoms with Crippen LogP contribution in [0.4, 0.5) is 0 Å². The molecule has 1 aromatic rings. The Balaban J connectivity index is 0. The molecule has 1 heterocycles. The van der Waals surface area contributed by atoms with Crippen LogP contribution in [-0.4, -0.2) is 15.0 Å². The predicted molar refractivity (Wildman–Crippen MR) is 52.8 cm³/mol. The Morgan fingerprint density at radius 3 is 2.33 bits per heavy atom. The van der Waals surface area contributed by atoms with E-state index in [4.69, 9.17) is 5.73 Å². The molecular formula is C6H14Cl2N4. The second-order valence-electron chi connectivity index (χ2n) is 2.49. The van der Waals surface area contributed by atoms with Crippen LogP contribution in [0, 0.1) is 0 Å². The monoisotopic (exact) mass is 212 g/mol. The zero-order chi connectivity index (χ0) is 7.56. The van der Waals surface area contributed by atoms with E-state index < -0.39 is 0 Å². The first-order valence-corrected chi connectivity index (χ1v) is 3.35. The van der Waals surface area contributed by atoms with Crippen LogP contribution in [0.3, 0.4) is 0 Å². The second-order valence-corrected chi connectivity index (χ2v) is 2.49. The topological polar surface area (TPSA) is 56.7 Å². The maximum Gasteiger partial charge on any atom is 0.0962 e. The van der Waals surface area contributed by atoms with Crippen LogP contribution in [-0.2, 0) is 6.54 Å². The van der Waals surface area contributed by atoms with Gasteiger partial charge in [-0.2, -0.15) is 0 Å². The molecule has 0 saturated carbocycles. The van der Waals surface area contributed by atoms with Crippen LogP contribution >= 0.6 is 24.8 Å². The van der Waals surface area contributed by atoms with E-state index in [1.807, 2.05) is 6.20 Å². The number of nitrogens with two attached hydrogens (primary N) is 1. The number of rotatable bonds is 2. The van der Waals surface area contributed by atoms with Gasteiger partial charge in [-0.3, -0.25) is 0 Å². The van der Waals surface area contributed by atoms with Gasteiger partial charge >= 0.3 is 0 Å². The van der Waals surface area contributed by atoms with E-state index in [-0.39, 0.29) is 24.8 Å².